The van der Waals surface area contributed by atoms with E-state index in [1.165, 1.54) is 23.0 Å². The average Bonchev–Trinajstić information content (AvgIpc) is 2.83. The van der Waals surface area contributed by atoms with Crippen LogP contribution in [0, 0.1) is 13.8 Å². The molecule has 0 spiro atoms. The quantitative estimate of drug-likeness (QED) is 0.847. The topological polar surface area (TPSA) is 53.6 Å². The lowest BCUT2D eigenvalue weighted by atomic mass is 10.1. The Kier molecular flexibility index (Phi) is 3.54. The molecule has 0 radical (unpaired) electrons. The molecule has 1 heterocycles. The van der Waals surface area contributed by atoms with Crippen molar-refractivity contribution in [2.45, 2.75) is 33.4 Å². The normalized spacial score (nSPS) is 12.6. The molecule has 17 heavy (non-hydrogen) atoms. The number of aromatic nitrogens is 3. The number of aromatic amines is 1. The molecule has 4 heteroatoms. The number of hydrogen-bond donors (Lipinski definition) is 2. The number of hydrogen-bond acceptors (Lipinski definition) is 3. The molecule has 0 bridgehead atoms. The van der Waals surface area contributed by atoms with Crippen molar-refractivity contribution in [3.05, 3.63) is 47.0 Å². The molecule has 90 valence electrons. The van der Waals surface area contributed by atoms with Crippen LogP contribution in [0.4, 0.5) is 0 Å². The van der Waals surface area contributed by atoms with Gasteiger partial charge in [0, 0.05) is 6.54 Å². The first-order valence-electron chi connectivity index (χ1n) is 5.81. The number of rotatable bonds is 4. The van der Waals surface area contributed by atoms with E-state index >= 15 is 0 Å². The second-order valence-corrected chi connectivity index (χ2v) is 4.40. The van der Waals surface area contributed by atoms with Gasteiger partial charge in [0.1, 0.15) is 12.2 Å². The molecule has 1 aromatic heterocycles. The zero-order chi connectivity index (χ0) is 12.3. The third-order valence-corrected chi connectivity index (χ3v) is 2.95. The Morgan fingerprint density at radius 1 is 1.35 bits per heavy atom. The molecule has 0 amide bonds. The Labute approximate surface area is 101 Å². The van der Waals surface area contributed by atoms with Gasteiger partial charge >= 0.3 is 0 Å². The fourth-order valence-corrected chi connectivity index (χ4v) is 1.77. The number of benzene rings is 1. The van der Waals surface area contributed by atoms with Gasteiger partial charge < -0.3 is 5.32 Å². The van der Waals surface area contributed by atoms with E-state index in [4.69, 9.17) is 0 Å². The van der Waals surface area contributed by atoms with Gasteiger partial charge in [0.25, 0.3) is 0 Å². The van der Waals surface area contributed by atoms with Gasteiger partial charge in [-0.2, -0.15) is 5.10 Å². The molecule has 0 aliphatic carbocycles. The van der Waals surface area contributed by atoms with E-state index in [2.05, 4.69) is 59.5 Å². The van der Waals surface area contributed by atoms with E-state index in [1.54, 1.807) is 0 Å². The van der Waals surface area contributed by atoms with Gasteiger partial charge in [-0.05, 0) is 31.9 Å². The minimum atomic E-state index is 0.178. The summed E-state index contributed by atoms with van der Waals surface area (Å²) in [6, 6.07) is 6.69. The van der Waals surface area contributed by atoms with Crippen LogP contribution >= 0.6 is 0 Å². The number of H-pyrrole nitrogens is 1. The van der Waals surface area contributed by atoms with Gasteiger partial charge in [-0.1, -0.05) is 23.8 Å². The smallest absolute Gasteiger partial charge is 0.141 e. The Morgan fingerprint density at radius 2 is 2.18 bits per heavy atom. The van der Waals surface area contributed by atoms with Gasteiger partial charge in [0.05, 0.1) is 6.04 Å². The van der Waals surface area contributed by atoms with Crippen molar-refractivity contribution >= 4 is 0 Å². The summed E-state index contributed by atoms with van der Waals surface area (Å²) in [4.78, 5) is 4.14. The van der Waals surface area contributed by atoms with E-state index < -0.39 is 0 Å². The lowest BCUT2D eigenvalue weighted by Gasteiger charge is -2.13. The predicted octanol–water partition coefficient (Wildman–Crippen LogP) is 2.27. The summed E-state index contributed by atoms with van der Waals surface area (Å²) >= 11 is 0. The average molecular weight is 230 g/mol. The summed E-state index contributed by atoms with van der Waals surface area (Å²) in [6.07, 6.45) is 1.53. The van der Waals surface area contributed by atoms with Crippen LogP contribution in [0.25, 0.3) is 0 Å². The van der Waals surface area contributed by atoms with Crippen molar-refractivity contribution in [1.82, 2.24) is 20.5 Å². The summed E-state index contributed by atoms with van der Waals surface area (Å²) in [5.41, 5.74) is 3.93. The zero-order valence-electron chi connectivity index (χ0n) is 10.5. The molecule has 0 saturated heterocycles. The lowest BCUT2D eigenvalue weighted by Crippen LogP contribution is -2.19. The maximum atomic E-state index is 4.14. The molecular weight excluding hydrogens is 212 g/mol. The summed E-state index contributed by atoms with van der Waals surface area (Å²) < 4.78 is 0. The van der Waals surface area contributed by atoms with E-state index in [0.29, 0.717) is 0 Å². The Balaban J connectivity index is 2.00. The maximum Gasteiger partial charge on any atom is 0.141 e. The highest BCUT2D eigenvalue weighted by atomic mass is 15.2. The van der Waals surface area contributed by atoms with Crippen molar-refractivity contribution in [2.24, 2.45) is 0 Å². The van der Waals surface area contributed by atoms with Crippen LogP contribution < -0.4 is 5.32 Å². The van der Waals surface area contributed by atoms with Crippen LogP contribution in [0.15, 0.2) is 24.5 Å². The van der Waals surface area contributed by atoms with Crippen LogP contribution in [-0.4, -0.2) is 15.2 Å². The predicted molar refractivity (Wildman–Crippen MR) is 67.6 cm³/mol. The second-order valence-electron chi connectivity index (χ2n) is 4.40. The van der Waals surface area contributed by atoms with Crippen LogP contribution in [-0.2, 0) is 6.54 Å². The molecule has 2 rings (SSSR count). The third kappa shape index (κ3) is 2.91. The first-order chi connectivity index (χ1) is 8.16. The molecule has 2 N–H and O–H groups in total. The molecule has 0 aliphatic heterocycles. The fraction of sp³-hybridized carbons (Fsp3) is 0.385. The van der Waals surface area contributed by atoms with Gasteiger partial charge in [-0.3, -0.25) is 5.10 Å². The van der Waals surface area contributed by atoms with E-state index in [9.17, 15) is 0 Å². The van der Waals surface area contributed by atoms with Crippen LogP contribution in [0.5, 0.6) is 0 Å². The monoisotopic (exact) mass is 230 g/mol. The molecule has 1 aromatic carbocycles. The molecule has 0 saturated carbocycles. The third-order valence-electron chi connectivity index (χ3n) is 2.95. The fourth-order valence-electron chi connectivity index (χ4n) is 1.77. The molecule has 2 aromatic rings. The van der Waals surface area contributed by atoms with Crippen molar-refractivity contribution in [3.63, 3.8) is 0 Å². The highest BCUT2D eigenvalue weighted by molar-refractivity contribution is 5.30. The molecule has 1 unspecified atom stereocenters. The first-order valence-corrected chi connectivity index (χ1v) is 5.81. The minimum Gasteiger partial charge on any atom is -0.303 e. The largest absolute Gasteiger partial charge is 0.303 e. The van der Waals surface area contributed by atoms with Crippen molar-refractivity contribution < 1.29 is 0 Å². The zero-order valence-corrected chi connectivity index (χ0v) is 10.5. The Hall–Kier alpha value is -1.68. The number of nitrogens with one attached hydrogen (secondary N) is 2. The summed E-state index contributed by atoms with van der Waals surface area (Å²) in [6.45, 7) is 7.17. The van der Waals surface area contributed by atoms with E-state index in [1.807, 2.05) is 0 Å². The molecule has 0 fully saturated rings. The van der Waals surface area contributed by atoms with Crippen molar-refractivity contribution in [3.8, 4) is 0 Å². The van der Waals surface area contributed by atoms with Gasteiger partial charge in [-0.25, -0.2) is 4.98 Å². The van der Waals surface area contributed by atoms with Crippen LogP contribution in [0.1, 0.15) is 35.5 Å². The van der Waals surface area contributed by atoms with Gasteiger partial charge in [0.15, 0.2) is 0 Å². The highest BCUT2D eigenvalue weighted by Gasteiger charge is 2.08. The van der Waals surface area contributed by atoms with Crippen molar-refractivity contribution in [2.75, 3.05) is 0 Å². The van der Waals surface area contributed by atoms with Gasteiger partial charge in [0.2, 0.25) is 0 Å². The number of aryl methyl sites for hydroxylation is 2. The van der Waals surface area contributed by atoms with Gasteiger partial charge in [-0.15, -0.1) is 0 Å². The van der Waals surface area contributed by atoms with E-state index in [-0.39, 0.29) is 6.04 Å². The van der Waals surface area contributed by atoms with Crippen LogP contribution in [0.2, 0.25) is 0 Å². The molecule has 1 atom stereocenters. The lowest BCUT2D eigenvalue weighted by molar-refractivity contribution is 0.547. The summed E-state index contributed by atoms with van der Waals surface area (Å²) in [5.74, 6) is 0.871. The maximum absolute atomic E-state index is 4.14. The Bertz CT molecular complexity index is 476. The molecule has 0 aliphatic rings. The molecular formula is C13H18N4. The Morgan fingerprint density at radius 3 is 2.88 bits per heavy atom. The first kappa shape index (κ1) is 11.8. The number of nitrogens with zero attached hydrogens (tertiary/aromatic N) is 2. The second kappa shape index (κ2) is 5.10. The SMILES string of the molecule is Cc1ccc(C)c(CNC(C)c2ncn[nH]2)c1. The highest BCUT2D eigenvalue weighted by Crippen LogP contribution is 2.12. The minimum absolute atomic E-state index is 0.178. The van der Waals surface area contributed by atoms with Crippen molar-refractivity contribution in [1.29, 1.82) is 0 Å². The van der Waals surface area contributed by atoms with E-state index in [0.717, 1.165) is 12.4 Å². The molecule has 4 nitrogen and oxygen atoms in total. The van der Waals surface area contributed by atoms with Crippen LogP contribution in [0.3, 0.4) is 0 Å². The standard InChI is InChI=1S/C13H18N4/c1-9-4-5-10(2)12(6-9)7-14-11(3)13-15-8-16-17-13/h4-6,8,11,14H,7H2,1-3H3,(H,15,16,17). The summed E-state index contributed by atoms with van der Waals surface area (Å²) in [5, 5.41) is 10.2. The summed E-state index contributed by atoms with van der Waals surface area (Å²) in [7, 11) is 0.